The van der Waals surface area contributed by atoms with E-state index in [4.69, 9.17) is 13.6 Å². The first-order chi connectivity index (χ1) is 21.3. The zero-order valence-electron chi connectivity index (χ0n) is 29.2. The van der Waals surface area contributed by atoms with E-state index in [9.17, 15) is 0 Å². The minimum atomic E-state index is -1.35. The van der Waals surface area contributed by atoms with E-state index in [-0.39, 0.29) is 0 Å². The van der Waals surface area contributed by atoms with Gasteiger partial charge in [0.25, 0.3) is 0 Å². The van der Waals surface area contributed by atoms with E-state index < -0.39 is 8.60 Å². The third-order valence-electron chi connectivity index (χ3n) is 8.58. The maximum absolute atomic E-state index is 6.46. The van der Waals surface area contributed by atoms with Crippen LogP contribution >= 0.6 is 8.60 Å². The Balaban J connectivity index is 2.39. The molecule has 0 radical (unpaired) electrons. The summed E-state index contributed by atoms with van der Waals surface area (Å²) in [5, 5.41) is 0. The van der Waals surface area contributed by atoms with Crippen LogP contribution in [0.5, 0.6) is 5.75 Å². The minimum absolute atomic E-state index is 0.736. The molecule has 3 nitrogen and oxygen atoms in total. The molecule has 0 spiro atoms. The Kier molecular flexibility index (Phi) is 30.8. The van der Waals surface area contributed by atoms with E-state index in [0.717, 1.165) is 38.2 Å². The van der Waals surface area contributed by atoms with Crippen molar-refractivity contribution in [3.63, 3.8) is 0 Å². The second kappa shape index (κ2) is 32.8. The summed E-state index contributed by atoms with van der Waals surface area (Å²) in [4.78, 5) is 0. The average Bonchev–Trinajstić information content (AvgIpc) is 3.02. The molecule has 0 amide bonds. The van der Waals surface area contributed by atoms with Crippen LogP contribution in [0.2, 0.25) is 0 Å². The molecule has 0 heterocycles. The van der Waals surface area contributed by atoms with Gasteiger partial charge in [-0.2, -0.15) is 0 Å². The molecule has 0 fully saturated rings. The molecule has 0 unspecified atom stereocenters. The van der Waals surface area contributed by atoms with Gasteiger partial charge in [-0.1, -0.05) is 193 Å². The lowest BCUT2D eigenvalue weighted by Gasteiger charge is -2.19. The zero-order chi connectivity index (χ0) is 30.9. The van der Waals surface area contributed by atoms with Gasteiger partial charge in [0.1, 0.15) is 5.75 Å². The largest absolute Gasteiger partial charge is 0.426 e. The zero-order valence-corrected chi connectivity index (χ0v) is 30.1. The van der Waals surface area contributed by atoms with Crippen LogP contribution in [0.1, 0.15) is 200 Å². The maximum Gasteiger partial charge on any atom is 0.397 e. The molecular formula is C39H73O3P. The summed E-state index contributed by atoms with van der Waals surface area (Å²) in [7, 11) is -1.35. The Labute approximate surface area is 271 Å². The molecule has 0 aliphatic carbocycles. The molecule has 0 saturated carbocycles. The molecule has 0 aliphatic heterocycles. The highest BCUT2D eigenvalue weighted by Gasteiger charge is 2.17. The van der Waals surface area contributed by atoms with Crippen LogP contribution in [-0.4, -0.2) is 13.2 Å². The van der Waals surface area contributed by atoms with Crippen molar-refractivity contribution < 1.29 is 13.6 Å². The third-order valence-corrected chi connectivity index (χ3v) is 9.72. The Hall–Kier alpha value is -0.630. The molecule has 4 heteroatoms. The van der Waals surface area contributed by atoms with Crippen molar-refractivity contribution in [2.45, 2.75) is 201 Å². The maximum atomic E-state index is 6.46. The van der Waals surface area contributed by atoms with Crippen LogP contribution in [0.3, 0.4) is 0 Å². The summed E-state index contributed by atoms with van der Waals surface area (Å²) >= 11 is 0. The first-order valence-corrected chi connectivity index (χ1v) is 20.2. The van der Waals surface area contributed by atoms with E-state index in [1.807, 2.05) is 0 Å². The molecule has 252 valence electrons. The number of aryl methyl sites for hydroxylation is 1. The Morgan fingerprint density at radius 2 is 0.767 bits per heavy atom. The summed E-state index contributed by atoms with van der Waals surface area (Å²) in [6.07, 6.45) is 37.1. The van der Waals surface area contributed by atoms with Gasteiger partial charge < -0.3 is 13.6 Å². The fourth-order valence-corrected chi connectivity index (χ4v) is 6.77. The van der Waals surface area contributed by atoms with Gasteiger partial charge in [0.15, 0.2) is 0 Å². The molecular weight excluding hydrogens is 547 g/mol. The fraction of sp³-hybridized carbons (Fsp3) is 0.846. The molecule has 0 saturated heterocycles. The molecule has 0 aromatic heterocycles. The smallest absolute Gasteiger partial charge is 0.397 e. The predicted molar refractivity (Wildman–Crippen MR) is 191 cm³/mol. The molecule has 0 atom stereocenters. The fourth-order valence-electron chi connectivity index (χ4n) is 5.70. The first kappa shape index (κ1) is 40.4. The van der Waals surface area contributed by atoms with Crippen molar-refractivity contribution in [3.05, 3.63) is 29.8 Å². The van der Waals surface area contributed by atoms with Gasteiger partial charge in [-0.25, -0.2) is 0 Å². The van der Waals surface area contributed by atoms with Crippen LogP contribution in [-0.2, 0) is 15.5 Å². The quantitative estimate of drug-likeness (QED) is 0.0567. The molecule has 0 N–H and O–H groups in total. The number of unbranched alkanes of at least 4 members (excludes halogenated alkanes) is 24. The SMILES string of the molecule is CCCCCCCCCCCCOP(OCCCCCCCCCCCC)Oc1ccccc1CCCCCCCCC. The Morgan fingerprint density at radius 1 is 0.419 bits per heavy atom. The topological polar surface area (TPSA) is 27.7 Å². The van der Waals surface area contributed by atoms with Crippen LogP contribution in [0.4, 0.5) is 0 Å². The van der Waals surface area contributed by atoms with Crippen LogP contribution < -0.4 is 4.52 Å². The average molecular weight is 621 g/mol. The van der Waals surface area contributed by atoms with Crippen molar-refractivity contribution in [1.29, 1.82) is 0 Å². The van der Waals surface area contributed by atoms with Gasteiger partial charge in [-0.05, 0) is 37.3 Å². The Bertz CT molecular complexity index is 656. The lowest BCUT2D eigenvalue weighted by molar-refractivity contribution is 0.198. The summed E-state index contributed by atoms with van der Waals surface area (Å²) in [5.41, 5.74) is 1.30. The van der Waals surface area contributed by atoms with Crippen LogP contribution in [0.25, 0.3) is 0 Å². The summed E-state index contributed by atoms with van der Waals surface area (Å²) in [6.45, 7) is 8.34. The van der Waals surface area contributed by atoms with Crippen molar-refractivity contribution >= 4 is 8.60 Å². The minimum Gasteiger partial charge on any atom is -0.426 e. The first-order valence-electron chi connectivity index (χ1n) is 19.1. The molecule has 43 heavy (non-hydrogen) atoms. The molecule has 0 bridgehead atoms. The number of benzene rings is 1. The number of hydrogen-bond acceptors (Lipinski definition) is 3. The van der Waals surface area contributed by atoms with Crippen LogP contribution in [0.15, 0.2) is 24.3 Å². The van der Waals surface area contributed by atoms with Crippen molar-refractivity contribution in [2.75, 3.05) is 13.2 Å². The van der Waals surface area contributed by atoms with E-state index in [2.05, 4.69) is 45.0 Å². The number of hydrogen-bond donors (Lipinski definition) is 0. The number of para-hydroxylation sites is 1. The molecule has 1 aromatic rings. The van der Waals surface area contributed by atoms with Gasteiger partial charge in [-0.15, -0.1) is 0 Å². The summed E-state index contributed by atoms with van der Waals surface area (Å²) < 4.78 is 19.0. The standard InChI is InChI=1S/C39H73O3P/c1-4-7-10-13-16-18-20-23-26-31-36-40-43(41-37-32-27-24-21-19-17-14-11-8-5-2)42-39-35-30-29-34-38(39)33-28-25-22-15-12-9-6-3/h29-30,34-35H,4-28,31-33,36-37H2,1-3H3. The van der Waals surface area contributed by atoms with Crippen molar-refractivity contribution in [3.8, 4) is 5.75 Å². The second-order valence-corrected chi connectivity index (χ2v) is 14.0. The van der Waals surface area contributed by atoms with E-state index in [1.165, 1.54) is 166 Å². The van der Waals surface area contributed by atoms with E-state index >= 15 is 0 Å². The molecule has 1 aromatic carbocycles. The van der Waals surface area contributed by atoms with E-state index in [1.54, 1.807) is 0 Å². The highest BCUT2D eigenvalue weighted by molar-refractivity contribution is 7.42. The lowest BCUT2D eigenvalue weighted by Crippen LogP contribution is -2.02. The van der Waals surface area contributed by atoms with Gasteiger partial charge in [0.05, 0.1) is 13.2 Å². The summed E-state index contributed by atoms with van der Waals surface area (Å²) in [6, 6.07) is 8.56. The van der Waals surface area contributed by atoms with E-state index in [0.29, 0.717) is 0 Å². The van der Waals surface area contributed by atoms with Gasteiger partial charge in [-0.3, -0.25) is 0 Å². The summed E-state index contributed by atoms with van der Waals surface area (Å²) in [5.74, 6) is 0.964. The predicted octanol–water partition coefficient (Wildman–Crippen LogP) is 14.5. The Morgan fingerprint density at radius 3 is 1.19 bits per heavy atom. The normalized spacial score (nSPS) is 11.5. The highest BCUT2D eigenvalue weighted by atomic mass is 31.2. The number of rotatable bonds is 34. The molecule has 1 rings (SSSR count). The van der Waals surface area contributed by atoms with Gasteiger partial charge in [0.2, 0.25) is 0 Å². The highest BCUT2D eigenvalue weighted by Crippen LogP contribution is 2.42. The molecule has 0 aliphatic rings. The monoisotopic (exact) mass is 621 g/mol. The van der Waals surface area contributed by atoms with Crippen LogP contribution in [0, 0.1) is 0 Å². The van der Waals surface area contributed by atoms with Gasteiger partial charge >= 0.3 is 8.60 Å². The lowest BCUT2D eigenvalue weighted by atomic mass is 10.0. The van der Waals surface area contributed by atoms with Crippen molar-refractivity contribution in [1.82, 2.24) is 0 Å². The third kappa shape index (κ3) is 26.3. The van der Waals surface area contributed by atoms with Gasteiger partial charge in [0, 0.05) is 0 Å². The second-order valence-electron chi connectivity index (χ2n) is 12.8. The van der Waals surface area contributed by atoms with Crippen molar-refractivity contribution in [2.24, 2.45) is 0 Å².